The number of para-hydroxylation sites is 2. The predicted molar refractivity (Wildman–Crippen MR) is 125 cm³/mol. The van der Waals surface area contributed by atoms with Crippen LogP contribution in [0.3, 0.4) is 0 Å². The normalized spacial score (nSPS) is 14.8. The molecular weight excluding hydrogens is 410 g/mol. The number of aryl methyl sites for hydroxylation is 1. The van der Waals surface area contributed by atoms with Gasteiger partial charge in [-0.05, 0) is 32.9 Å². The fourth-order valence-electron chi connectivity index (χ4n) is 3.25. The Morgan fingerprint density at radius 3 is 2.61 bits per heavy atom. The van der Waals surface area contributed by atoms with E-state index in [-0.39, 0.29) is 11.6 Å². The molecule has 4 rings (SSSR count). The molecule has 7 nitrogen and oxygen atoms in total. The van der Waals surface area contributed by atoms with E-state index < -0.39 is 0 Å². The average molecular weight is 434 g/mol. The first-order valence-electron chi connectivity index (χ1n) is 10.0. The van der Waals surface area contributed by atoms with Crippen molar-refractivity contribution in [2.24, 2.45) is 10.2 Å². The highest BCUT2D eigenvalue weighted by atomic mass is 32.1. The first-order chi connectivity index (χ1) is 15.1. The zero-order valence-corrected chi connectivity index (χ0v) is 18.4. The van der Waals surface area contributed by atoms with Gasteiger partial charge in [-0.1, -0.05) is 42.5 Å². The number of anilines is 1. The Morgan fingerprint density at radius 2 is 1.84 bits per heavy atom. The zero-order chi connectivity index (χ0) is 21.8. The second kappa shape index (κ2) is 9.09. The lowest BCUT2D eigenvalue weighted by Gasteiger charge is -2.10. The molecule has 1 aliphatic heterocycles. The Labute approximate surface area is 185 Å². The van der Waals surface area contributed by atoms with Gasteiger partial charge in [0.1, 0.15) is 10.8 Å². The third-order valence-corrected chi connectivity index (χ3v) is 5.65. The van der Waals surface area contributed by atoms with Crippen LogP contribution in [-0.4, -0.2) is 33.9 Å². The van der Waals surface area contributed by atoms with Gasteiger partial charge in [-0.15, -0.1) is 11.3 Å². The van der Waals surface area contributed by atoms with Crippen molar-refractivity contribution in [1.29, 1.82) is 0 Å². The molecule has 0 saturated heterocycles. The van der Waals surface area contributed by atoms with E-state index in [1.54, 1.807) is 18.3 Å². The maximum atomic E-state index is 12.9. The zero-order valence-electron chi connectivity index (χ0n) is 17.6. The lowest BCUT2D eigenvalue weighted by Crippen LogP contribution is -2.27. The number of rotatable bonds is 7. The van der Waals surface area contributed by atoms with Crippen molar-refractivity contribution in [2.75, 3.05) is 12.0 Å². The van der Waals surface area contributed by atoms with E-state index in [9.17, 15) is 4.79 Å². The van der Waals surface area contributed by atoms with Gasteiger partial charge in [-0.25, -0.2) is 9.99 Å². The summed E-state index contributed by atoms with van der Waals surface area (Å²) in [7, 11) is 0. The Bertz CT molecular complexity index is 1150. The van der Waals surface area contributed by atoms with Crippen LogP contribution in [0.15, 0.2) is 64.8 Å². The molecule has 0 aliphatic carbocycles. The minimum absolute atomic E-state index is 0.256. The molecule has 8 heteroatoms. The van der Waals surface area contributed by atoms with Crippen molar-refractivity contribution in [3.8, 4) is 17.0 Å². The summed E-state index contributed by atoms with van der Waals surface area (Å²) in [5.41, 5.74) is 6.48. The summed E-state index contributed by atoms with van der Waals surface area (Å²) in [6, 6.07) is 17.5. The molecular formula is C23H23N5O2S. The molecule has 0 saturated carbocycles. The van der Waals surface area contributed by atoms with Crippen LogP contribution < -0.4 is 10.2 Å². The molecule has 0 spiro atoms. The number of nitrogens with zero attached hydrogens (tertiary/aromatic N) is 4. The first-order valence-corrected chi connectivity index (χ1v) is 10.8. The molecule has 0 fully saturated rings. The van der Waals surface area contributed by atoms with E-state index in [0.29, 0.717) is 30.3 Å². The van der Waals surface area contributed by atoms with Gasteiger partial charge >= 0.3 is 0 Å². The highest BCUT2D eigenvalue weighted by molar-refractivity contribution is 7.12. The van der Waals surface area contributed by atoms with Crippen LogP contribution in [0.25, 0.3) is 11.3 Å². The summed E-state index contributed by atoms with van der Waals surface area (Å²) in [5, 5.41) is 10.9. The van der Waals surface area contributed by atoms with E-state index in [1.807, 2.05) is 68.4 Å². The standard InChI is InChI=1S/C23H23N5O2S/c1-4-30-19-13-9-8-12-18(19)25-26-21-15(2)27-28(23(21)29)14-20-24-22(16(3)31-20)17-10-6-5-7-11-17/h5-13,25H,4,14H2,1-3H3/b26-21+. The fraction of sp³-hybridized carbons (Fsp3) is 0.217. The van der Waals surface area contributed by atoms with Gasteiger partial charge in [0.05, 0.1) is 30.2 Å². The van der Waals surface area contributed by atoms with E-state index in [1.165, 1.54) is 5.01 Å². The second-order valence-electron chi connectivity index (χ2n) is 6.93. The van der Waals surface area contributed by atoms with Crippen LogP contribution in [0, 0.1) is 6.92 Å². The Morgan fingerprint density at radius 1 is 1.10 bits per heavy atom. The van der Waals surface area contributed by atoms with Crippen molar-refractivity contribution in [3.05, 3.63) is 64.5 Å². The summed E-state index contributed by atoms with van der Waals surface area (Å²) in [5.74, 6) is 0.422. The number of thiazole rings is 1. The molecule has 0 bridgehead atoms. The number of hydrazone groups is 2. The van der Waals surface area contributed by atoms with Crippen LogP contribution in [0.1, 0.15) is 23.7 Å². The molecule has 1 N–H and O–H groups in total. The molecule has 2 heterocycles. The average Bonchev–Trinajstić information content (AvgIpc) is 3.27. The molecule has 1 aromatic heterocycles. The van der Waals surface area contributed by atoms with Gasteiger partial charge < -0.3 is 4.74 Å². The van der Waals surface area contributed by atoms with Crippen LogP contribution >= 0.6 is 11.3 Å². The van der Waals surface area contributed by atoms with Crippen molar-refractivity contribution in [1.82, 2.24) is 9.99 Å². The van der Waals surface area contributed by atoms with Gasteiger partial charge in [0.25, 0.3) is 5.91 Å². The summed E-state index contributed by atoms with van der Waals surface area (Å²) in [4.78, 5) is 18.7. The Hall–Kier alpha value is -3.52. The number of benzene rings is 2. The quantitative estimate of drug-likeness (QED) is 0.548. The summed E-state index contributed by atoms with van der Waals surface area (Å²) in [6.07, 6.45) is 0. The Kier molecular flexibility index (Phi) is 6.08. The number of ether oxygens (including phenoxy) is 1. The van der Waals surface area contributed by atoms with Crippen LogP contribution in [0.4, 0.5) is 5.69 Å². The monoisotopic (exact) mass is 433 g/mol. The summed E-state index contributed by atoms with van der Waals surface area (Å²) >= 11 is 1.57. The number of carbonyl (C=O) groups excluding carboxylic acids is 1. The molecule has 1 aliphatic rings. The maximum absolute atomic E-state index is 12.9. The summed E-state index contributed by atoms with van der Waals surface area (Å²) < 4.78 is 5.59. The van der Waals surface area contributed by atoms with E-state index in [2.05, 4.69) is 15.6 Å². The van der Waals surface area contributed by atoms with Gasteiger partial charge in [0, 0.05) is 10.4 Å². The minimum atomic E-state index is -0.256. The molecule has 158 valence electrons. The topological polar surface area (TPSA) is 79.2 Å². The predicted octanol–water partition coefficient (Wildman–Crippen LogP) is 4.70. The fourth-order valence-corrected chi connectivity index (χ4v) is 4.19. The largest absolute Gasteiger partial charge is 0.492 e. The molecule has 0 radical (unpaired) electrons. The van der Waals surface area contributed by atoms with Crippen molar-refractivity contribution < 1.29 is 9.53 Å². The Balaban J connectivity index is 1.49. The van der Waals surface area contributed by atoms with Gasteiger partial charge in [-0.3, -0.25) is 10.2 Å². The minimum Gasteiger partial charge on any atom is -0.492 e. The smallest absolute Gasteiger partial charge is 0.296 e. The summed E-state index contributed by atoms with van der Waals surface area (Å²) in [6.45, 7) is 6.58. The number of nitrogens with one attached hydrogen (secondary N) is 1. The third-order valence-electron chi connectivity index (χ3n) is 4.70. The molecule has 3 aromatic rings. The van der Waals surface area contributed by atoms with Crippen molar-refractivity contribution >= 4 is 34.4 Å². The van der Waals surface area contributed by atoms with E-state index >= 15 is 0 Å². The molecule has 2 aromatic carbocycles. The van der Waals surface area contributed by atoms with Crippen molar-refractivity contribution in [3.63, 3.8) is 0 Å². The van der Waals surface area contributed by atoms with Crippen molar-refractivity contribution in [2.45, 2.75) is 27.3 Å². The molecule has 0 atom stereocenters. The van der Waals surface area contributed by atoms with Gasteiger partial charge in [0.15, 0.2) is 5.71 Å². The molecule has 0 unspecified atom stereocenters. The lowest BCUT2D eigenvalue weighted by atomic mass is 10.1. The van der Waals surface area contributed by atoms with Crippen LogP contribution in [-0.2, 0) is 11.3 Å². The number of amides is 1. The molecule has 31 heavy (non-hydrogen) atoms. The van der Waals surface area contributed by atoms with Gasteiger partial charge in [-0.2, -0.15) is 10.2 Å². The number of carbonyl (C=O) groups is 1. The second-order valence-corrected chi connectivity index (χ2v) is 8.22. The number of aromatic nitrogens is 1. The SMILES string of the molecule is CCOc1ccccc1N/N=C1/C(=O)N(Cc2nc(-c3ccccc3)c(C)s2)N=C1C. The first kappa shape index (κ1) is 20.7. The van der Waals surface area contributed by atoms with E-state index in [0.717, 1.165) is 21.1 Å². The number of hydrogen-bond donors (Lipinski definition) is 1. The third kappa shape index (κ3) is 4.49. The lowest BCUT2D eigenvalue weighted by molar-refractivity contribution is -0.123. The number of hydrogen-bond acceptors (Lipinski definition) is 7. The van der Waals surface area contributed by atoms with Crippen LogP contribution in [0.2, 0.25) is 0 Å². The highest BCUT2D eigenvalue weighted by Gasteiger charge is 2.30. The maximum Gasteiger partial charge on any atom is 0.296 e. The van der Waals surface area contributed by atoms with Crippen LogP contribution in [0.5, 0.6) is 5.75 Å². The van der Waals surface area contributed by atoms with Gasteiger partial charge in [0.2, 0.25) is 0 Å². The highest BCUT2D eigenvalue weighted by Crippen LogP contribution is 2.29. The molecule has 1 amide bonds. The van der Waals surface area contributed by atoms with E-state index in [4.69, 9.17) is 9.72 Å².